The molecule has 2 aliphatic rings. The predicted molar refractivity (Wildman–Crippen MR) is 96.4 cm³/mol. The van der Waals surface area contributed by atoms with Crippen molar-refractivity contribution >= 4 is 0 Å². The molecule has 0 heterocycles. The lowest BCUT2D eigenvalue weighted by atomic mass is 9.82. The summed E-state index contributed by atoms with van der Waals surface area (Å²) in [7, 11) is 0. The van der Waals surface area contributed by atoms with Crippen LogP contribution in [0.3, 0.4) is 0 Å². The number of halogens is 3. The molecule has 142 valence electrons. The average molecular weight is 356 g/mol. The molecular weight excluding hydrogens is 325 g/mol. The maximum absolute atomic E-state index is 12.2. The van der Waals surface area contributed by atoms with Gasteiger partial charge in [-0.2, -0.15) is 13.2 Å². The highest BCUT2D eigenvalue weighted by atomic mass is 19.4. The van der Waals surface area contributed by atoms with Crippen LogP contribution in [0.2, 0.25) is 0 Å². The molecule has 2 rings (SSSR count). The molecule has 0 spiro atoms. The van der Waals surface area contributed by atoms with Gasteiger partial charge in [0.05, 0.1) is 6.10 Å². The van der Waals surface area contributed by atoms with Gasteiger partial charge in [0.2, 0.25) is 0 Å². The molecule has 4 heteroatoms. The van der Waals surface area contributed by atoms with Gasteiger partial charge in [-0.1, -0.05) is 69.8 Å². The Morgan fingerprint density at radius 3 is 2.48 bits per heavy atom. The Kier molecular flexibility index (Phi) is 8.28. The van der Waals surface area contributed by atoms with E-state index in [0.717, 1.165) is 18.8 Å². The second-order valence-corrected chi connectivity index (χ2v) is 7.29. The second kappa shape index (κ2) is 10.2. The molecule has 0 aromatic rings. The maximum Gasteiger partial charge on any atom is 0.411 e. The summed E-state index contributed by atoms with van der Waals surface area (Å²) in [5, 5.41) is 0. The number of rotatable bonds is 9. The Hall–Kier alpha value is -1.03. The largest absolute Gasteiger partial charge is 0.411 e. The number of hydrogen-bond acceptors (Lipinski definition) is 1. The molecule has 0 aromatic heterocycles. The number of allylic oxidation sites excluding steroid dienone is 4. The summed E-state index contributed by atoms with van der Waals surface area (Å²) in [6.45, 7) is 1.07. The van der Waals surface area contributed by atoms with E-state index in [9.17, 15) is 13.2 Å². The average Bonchev–Trinajstić information content (AvgIpc) is 2.60. The first-order chi connectivity index (χ1) is 12.0. The lowest BCUT2D eigenvalue weighted by Gasteiger charge is -2.24. The third kappa shape index (κ3) is 7.81. The lowest BCUT2D eigenvalue weighted by molar-refractivity contribution is -0.180. The standard InChI is InChI=1S/C21H31F3O/c1-2-3-4-5-6-7-17-8-10-18(11-9-17)19-12-14-20(15-13-19)25-16-21(22,23)24/h10,12-14,17,20H,2-9,11,15-16H2,1H3. The van der Waals surface area contributed by atoms with Crippen molar-refractivity contribution in [3.05, 3.63) is 35.5 Å². The Morgan fingerprint density at radius 1 is 1.08 bits per heavy atom. The highest BCUT2D eigenvalue weighted by molar-refractivity contribution is 5.42. The summed E-state index contributed by atoms with van der Waals surface area (Å²) < 4.78 is 41.5. The molecule has 0 amide bonds. The van der Waals surface area contributed by atoms with Gasteiger partial charge in [-0.15, -0.1) is 0 Å². The fourth-order valence-corrected chi connectivity index (χ4v) is 3.61. The number of ether oxygens (including phenoxy) is 1. The van der Waals surface area contributed by atoms with Gasteiger partial charge in [0, 0.05) is 0 Å². The molecule has 0 fully saturated rings. The molecule has 0 saturated carbocycles. The number of hydrogen-bond donors (Lipinski definition) is 0. The SMILES string of the molecule is CCCCCCCC1CC=C(C2=CCC(OCC(F)(F)F)C=C2)CC1. The summed E-state index contributed by atoms with van der Waals surface area (Å²) >= 11 is 0. The van der Waals surface area contributed by atoms with Gasteiger partial charge in [0.1, 0.15) is 6.61 Å². The molecule has 25 heavy (non-hydrogen) atoms. The highest BCUT2D eigenvalue weighted by Gasteiger charge is 2.29. The van der Waals surface area contributed by atoms with Gasteiger partial charge in [0.25, 0.3) is 0 Å². The van der Waals surface area contributed by atoms with Crippen LogP contribution in [0.5, 0.6) is 0 Å². The smallest absolute Gasteiger partial charge is 0.364 e. The third-order valence-electron chi connectivity index (χ3n) is 5.13. The molecule has 0 N–H and O–H groups in total. The van der Waals surface area contributed by atoms with Crippen molar-refractivity contribution < 1.29 is 17.9 Å². The molecule has 0 aromatic carbocycles. The second-order valence-electron chi connectivity index (χ2n) is 7.29. The van der Waals surface area contributed by atoms with Crippen LogP contribution in [0.4, 0.5) is 13.2 Å². The van der Waals surface area contributed by atoms with E-state index in [4.69, 9.17) is 4.74 Å². The molecule has 2 unspecified atom stereocenters. The summed E-state index contributed by atoms with van der Waals surface area (Å²) in [5.74, 6) is 0.807. The first-order valence-corrected chi connectivity index (χ1v) is 9.74. The molecule has 2 atom stereocenters. The van der Waals surface area contributed by atoms with E-state index in [1.165, 1.54) is 56.1 Å². The number of unbranched alkanes of at least 4 members (excludes halogenated alkanes) is 4. The van der Waals surface area contributed by atoms with Gasteiger partial charge in [0.15, 0.2) is 0 Å². The van der Waals surface area contributed by atoms with E-state index in [1.807, 2.05) is 12.2 Å². The van der Waals surface area contributed by atoms with E-state index in [-0.39, 0.29) is 0 Å². The van der Waals surface area contributed by atoms with Crippen molar-refractivity contribution in [1.29, 1.82) is 0 Å². The van der Waals surface area contributed by atoms with Crippen LogP contribution in [0.15, 0.2) is 35.5 Å². The third-order valence-corrected chi connectivity index (χ3v) is 5.13. The van der Waals surface area contributed by atoms with Crippen molar-refractivity contribution in [3.63, 3.8) is 0 Å². The molecule has 1 nitrogen and oxygen atoms in total. The molecule has 2 aliphatic carbocycles. The van der Waals surface area contributed by atoms with E-state index in [2.05, 4.69) is 13.0 Å². The summed E-state index contributed by atoms with van der Waals surface area (Å²) in [5.41, 5.74) is 2.53. The minimum atomic E-state index is -4.25. The fraction of sp³-hybridized carbons (Fsp3) is 0.714. The quantitative estimate of drug-likeness (QED) is 0.408. The van der Waals surface area contributed by atoms with E-state index in [1.54, 1.807) is 6.08 Å². The Balaban J connectivity index is 1.69. The van der Waals surface area contributed by atoms with Crippen molar-refractivity contribution in [1.82, 2.24) is 0 Å². The summed E-state index contributed by atoms with van der Waals surface area (Å²) in [6.07, 6.45) is 15.4. The van der Waals surface area contributed by atoms with Gasteiger partial charge >= 0.3 is 6.18 Å². The van der Waals surface area contributed by atoms with Crippen LogP contribution in [0.1, 0.15) is 71.1 Å². The zero-order valence-electron chi connectivity index (χ0n) is 15.3. The Morgan fingerprint density at radius 2 is 1.88 bits per heavy atom. The van der Waals surface area contributed by atoms with Gasteiger partial charge in [-0.05, 0) is 42.7 Å². The van der Waals surface area contributed by atoms with Gasteiger partial charge < -0.3 is 4.74 Å². The molecule has 0 bridgehead atoms. The van der Waals surface area contributed by atoms with E-state index >= 15 is 0 Å². The van der Waals surface area contributed by atoms with E-state index in [0.29, 0.717) is 6.42 Å². The van der Waals surface area contributed by atoms with Crippen molar-refractivity contribution in [3.8, 4) is 0 Å². The normalized spacial score (nSPS) is 24.2. The summed E-state index contributed by atoms with van der Waals surface area (Å²) in [6, 6.07) is 0. The monoisotopic (exact) mass is 356 g/mol. The van der Waals surface area contributed by atoms with Crippen molar-refractivity contribution in [2.45, 2.75) is 83.4 Å². The van der Waals surface area contributed by atoms with Crippen LogP contribution >= 0.6 is 0 Å². The van der Waals surface area contributed by atoms with Crippen LogP contribution in [0.25, 0.3) is 0 Å². The van der Waals surface area contributed by atoms with Gasteiger partial charge in [-0.25, -0.2) is 0 Å². The molecular formula is C21H31F3O. The van der Waals surface area contributed by atoms with E-state index < -0.39 is 18.9 Å². The highest BCUT2D eigenvalue weighted by Crippen LogP contribution is 2.33. The molecule has 0 saturated heterocycles. The Labute approximate surface area is 150 Å². The Bertz CT molecular complexity index is 488. The fourth-order valence-electron chi connectivity index (χ4n) is 3.61. The van der Waals surface area contributed by atoms with Crippen molar-refractivity contribution in [2.24, 2.45) is 5.92 Å². The topological polar surface area (TPSA) is 9.23 Å². The number of alkyl halides is 3. The minimum absolute atomic E-state index is 0.453. The zero-order valence-corrected chi connectivity index (χ0v) is 15.3. The van der Waals surface area contributed by atoms with Crippen LogP contribution < -0.4 is 0 Å². The van der Waals surface area contributed by atoms with Gasteiger partial charge in [-0.3, -0.25) is 0 Å². The first-order valence-electron chi connectivity index (χ1n) is 9.74. The van der Waals surface area contributed by atoms with Crippen LogP contribution in [-0.4, -0.2) is 18.9 Å². The first kappa shape index (κ1) is 20.3. The minimum Gasteiger partial charge on any atom is -0.364 e. The summed E-state index contributed by atoms with van der Waals surface area (Å²) in [4.78, 5) is 0. The lowest BCUT2D eigenvalue weighted by Crippen LogP contribution is -2.22. The van der Waals surface area contributed by atoms with Crippen molar-refractivity contribution in [2.75, 3.05) is 6.61 Å². The molecule has 0 aliphatic heterocycles. The predicted octanol–water partition coefficient (Wildman–Crippen LogP) is 6.91. The van der Waals surface area contributed by atoms with Crippen LogP contribution in [-0.2, 0) is 4.74 Å². The van der Waals surface area contributed by atoms with Crippen LogP contribution in [0, 0.1) is 5.92 Å². The zero-order chi connectivity index (χ0) is 18.1. The maximum atomic E-state index is 12.2. The molecule has 0 radical (unpaired) electrons.